The van der Waals surface area contributed by atoms with Crippen molar-refractivity contribution < 1.29 is 9.18 Å². The van der Waals surface area contributed by atoms with Gasteiger partial charge in [0.15, 0.2) is 0 Å². The van der Waals surface area contributed by atoms with E-state index in [1.54, 1.807) is 0 Å². The van der Waals surface area contributed by atoms with Crippen LogP contribution >= 0.6 is 0 Å². The lowest BCUT2D eigenvalue weighted by atomic mass is 10.1. The lowest BCUT2D eigenvalue weighted by Gasteiger charge is -2.06. The lowest BCUT2D eigenvalue weighted by Crippen LogP contribution is -2.24. The third-order valence-electron chi connectivity index (χ3n) is 2.60. The molecule has 0 aliphatic carbocycles. The van der Waals surface area contributed by atoms with E-state index in [4.69, 9.17) is 0 Å². The molecule has 0 fully saturated rings. The molecule has 0 aliphatic rings. The van der Waals surface area contributed by atoms with Crippen LogP contribution in [0.2, 0.25) is 0 Å². The van der Waals surface area contributed by atoms with E-state index in [0.717, 1.165) is 12.8 Å². The molecule has 1 rings (SSSR count). The molecule has 1 aromatic rings. The fraction of sp³-hybridized carbons (Fsp3) is 0.500. The summed E-state index contributed by atoms with van der Waals surface area (Å²) in [6.45, 7) is 5.07. The zero-order valence-electron chi connectivity index (χ0n) is 10.5. The van der Waals surface area contributed by atoms with E-state index in [2.05, 4.69) is 19.2 Å². The van der Waals surface area contributed by atoms with Gasteiger partial charge in [0.25, 0.3) is 5.91 Å². The maximum atomic E-state index is 12.6. The Morgan fingerprint density at radius 1 is 1.24 bits per heavy atom. The number of hydrogen-bond acceptors (Lipinski definition) is 1. The fourth-order valence-electron chi connectivity index (χ4n) is 1.58. The molecule has 0 spiro atoms. The van der Waals surface area contributed by atoms with Crippen LogP contribution in [0, 0.1) is 11.7 Å². The second-order valence-corrected chi connectivity index (χ2v) is 4.65. The molecule has 2 nitrogen and oxygen atoms in total. The van der Waals surface area contributed by atoms with Crippen molar-refractivity contribution in [1.82, 2.24) is 5.32 Å². The van der Waals surface area contributed by atoms with Gasteiger partial charge in [-0.1, -0.05) is 26.7 Å². The van der Waals surface area contributed by atoms with Crippen molar-refractivity contribution in [3.63, 3.8) is 0 Å². The van der Waals surface area contributed by atoms with Crippen molar-refractivity contribution in [2.75, 3.05) is 6.54 Å². The van der Waals surface area contributed by atoms with Gasteiger partial charge < -0.3 is 5.32 Å². The molecule has 0 aliphatic heterocycles. The smallest absolute Gasteiger partial charge is 0.251 e. The van der Waals surface area contributed by atoms with E-state index in [9.17, 15) is 9.18 Å². The average Bonchev–Trinajstić information content (AvgIpc) is 2.29. The molecule has 0 saturated carbocycles. The van der Waals surface area contributed by atoms with Crippen LogP contribution in [0.25, 0.3) is 0 Å². The van der Waals surface area contributed by atoms with Crippen LogP contribution in [0.3, 0.4) is 0 Å². The summed E-state index contributed by atoms with van der Waals surface area (Å²) in [6.07, 6.45) is 3.30. The summed E-state index contributed by atoms with van der Waals surface area (Å²) in [5.74, 6) is 0.260. The van der Waals surface area contributed by atoms with Crippen molar-refractivity contribution in [3.8, 4) is 0 Å². The molecule has 0 saturated heterocycles. The van der Waals surface area contributed by atoms with Crippen LogP contribution in [0.1, 0.15) is 43.5 Å². The Hall–Kier alpha value is -1.38. The van der Waals surface area contributed by atoms with E-state index >= 15 is 0 Å². The molecule has 1 amide bonds. The average molecular weight is 237 g/mol. The molecule has 17 heavy (non-hydrogen) atoms. The topological polar surface area (TPSA) is 29.1 Å². The first-order chi connectivity index (χ1) is 8.09. The molecular formula is C14H20FNO. The van der Waals surface area contributed by atoms with Gasteiger partial charge in [-0.05, 0) is 36.6 Å². The maximum Gasteiger partial charge on any atom is 0.251 e. The van der Waals surface area contributed by atoms with Crippen LogP contribution in [-0.2, 0) is 0 Å². The highest BCUT2D eigenvalue weighted by molar-refractivity contribution is 5.94. The summed E-state index contributed by atoms with van der Waals surface area (Å²) in [7, 11) is 0. The highest BCUT2D eigenvalue weighted by Gasteiger charge is 2.04. The minimum atomic E-state index is -0.321. The predicted octanol–water partition coefficient (Wildman–Crippen LogP) is 3.38. The van der Waals surface area contributed by atoms with Crippen molar-refractivity contribution in [3.05, 3.63) is 35.6 Å². The minimum Gasteiger partial charge on any atom is -0.352 e. The van der Waals surface area contributed by atoms with E-state index in [-0.39, 0.29) is 11.7 Å². The first kappa shape index (κ1) is 13.7. The summed E-state index contributed by atoms with van der Waals surface area (Å²) in [5.41, 5.74) is 0.509. The predicted molar refractivity (Wildman–Crippen MR) is 67.4 cm³/mol. The molecule has 0 atom stereocenters. The standard InChI is InChI=1S/C14H20FNO/c1-11(2)5-3-4-10-16-14(17)12-6-8-13(15)9-7-12/h6-9,11H,3-5,10H2,1-2H3,(H,16,17). The maximum absolute atomic E-state index is 12.6. The van der Waals surface area contributed by atoms with Crippen LogP contribution in [0.4, 0.5) is 4.39 Å². The zero-order chi connectivity index (χ0) is 12.7. The fourth-order valence-corrected chi connectivity index (χ4v) is 1.58. The lowest BCUT2D eigenvalue weighted by molar-refractivity contribution is 0.0953. The molecule has 94 valence electrons. The summed E-state index contributed by atoms with van der Waals surface area (Å²) in [5, 5.41) is 2.83. The Bertz CT molecular complexity index is 346. The second-order valence-electron chi connectivity index (χ2n) is 4.65. The monoisotopic (exact) mass is 237 g/mol. The number of hydrogen-bond donors (Lipinski definition) is 1. The van der Waals surface area contributed by atoms with Gasteiger partial charge in [0.05, 0.1) is 0 Å². The van der Waals surface area contributed by atoms with Gasteiger partial charge in [-0.3, -0.25) is 4.79 Å². The molecule has 1 aromatic carbocycles. The van der Waals surface area contributed by atoms with Crippen molar-refractivity contribution in [1.29, 1.82) is 0 Å². The van der Waals surface area contributed by atoms with Crippen molar-refractivity contribution >= 4 is 5.91 Å². The molecule has 0 aromatic heterocycles. The van der Waals surface area contributed by atoms with Gasteiger partial charge in [-0.25, -0.2) is 4.39 Å². The van der Waals surface area contributed by atoms with Gasteiger partial charge in [0.2, 0.25) is 0 Å². The zero-order valence-corrected chi connectivity index (χ0v) is 10.5. The third-order valence-corrected chi connectivity index (χ3v) is 2.60. The Morgan fingerprint density at radius 2 is 1.88 bits per heavy atom. The highest BCUT2D eigenvalue weighted by atomic mass is 19.1. The Kier molecular flexibility index (Phi) is 5.67. The van der Waals surface area contributed by atoms with E-state index in [1.165, 1.54) is 30.7 Å². The highest BCUT2D eigenvalue weighted by Crippen LogP contribution is 2.06. The van der Waals surface area contributed by atoms with Gasteiger partial charge >= 0.3 is 0 Å². The van der Waals surface area contributed by atoms with E-state index in [0.29, 0.717) is 18.0 Å². The van der Waals surface area contributed by atoms with Crippen LogP contribution in [0.5, 0.6) is 0 Å². The summed E-state index contributed by atoms with van der Waals surface area (Å²) >= 11 is 0. The van der Waals surface area contributed by atoms with E-state index in [1.807, 2.05) is 0 Å². The largest absolute Gasteiger partial charge is 0.352 e. The summed E-state index contributed by atoms with van der Waals surface area (Å²) in [4.78, 5) is 11.6. The van der Waals surface area contributed by atoms with Gasteiger partial charge in [0, 0.05) is 12.1 Å². The number of rotatable bonds is 6. The number of halogens is 1. The Morgan fingerprint density at radius 3 is 2.47 bits per heavy atom. The first-order valence-corrected chi connectivity index (χ1v) is 6.13. The van der Waals surface area contributed by atoms with Crippen molar-refractivity contribution in [2.45, 2.75) is 33.1 Å². The van der Waals surface area contributed by atoms with E-state index < -0.39 is 0 Å². The molecular weight excluding hydrogens is 217 g/mol. The number of nitrogens with one attached hydrogen (secondary N) is 1. The van der Waals surface area contributed by atoms with Crippen molar-refractivity contribution in [2.24, 2.45) is 5.92 Å². The number of carbonyl (C=O) groups excluding carboxylic acids is 1. The normalized spacial score (nSPS) is 10.6. The minimum absolute atomic E-state index is 0.130. The Balaban J connectivity index is 2.23. The molecule has 0 bridgehead atoms. The van der Waals surface area contributed by atoms with Gasteiger partial charge in [-0.2, -0.15) is 0 Å². The number of unbranched alkanes of at least 4 members (excludes halogenated alkanes) is 1. The quantitative estimate of drug-likeness (QED) is 0.755. The number of amides is 1. The van der Waals surface area contributed by atoms with Gasteiger partial charge in [-0.15, -0.1) is 0 Å². The Labute approximate surface area is 102 Å². The molecule has 0 heterocycles. The summed E-state index contributed by atoms with van der Waals surface area (Å²) in [6, 6.07) is 5.60. The molecule has 3 heteroatoms. The second kappa shape index (κ2) is 7.05. The molecule has 1 N–H and O–H groups in total. The number of carbonyl (C=O) groups is 1. The summed E-state index contributed by atoms with van der Waals surface area (Å²) < 4.78 is 12.6. The molecule has 0 radical (unpaired) electrons. The molecule has 0 unspecified atom stereocenters. The van der Waals surface area contributed by atoms with Crippen LogP contribution in [-0.4, -0.2) is 12.5 Å². The third kappa shape index (κ3) is 5.48. The van der Waals surface area contributed by atoms with Crippen LogP contribution < -0.4 is 5.32 Å². The van der Waals surface area contributed by atoms with Gasteiger partial charge in [0.1, 0.15) is 5.82 Å². The number of benzene rings is 1. The first-order valence-electron chi connectivity index (χ1n) is 6.13. The SMILES string of the molecule is CC(C)CCCCNC(=O)c1ccc(F)cc1. The van der Waals surface area contributed by atoms with Crippen LogP contribution in [0.15, 0.2) is 24.3 Å².